The van der Waals surface area contributed by atoms with Crippen molar-refractivity contribution >= 4 is 17.7 Å². The SMILES string of the molecule is N#CC=Cc1ccc(N)c(C(=O)O)c1. The Labute approximate surface area is 80.9 Å². The molecule has 0 aromatic heterocycles. The second kappa shape index (κ2) is 4.10. The van der Waals surface area contributed by atoms with Gasteiger partial charge in [-0.3, -0.25) is 0 Å². The Morgan fingerprint density at radius 2 is 2.29 bits per heavy atom. The zero-order chi connectivity index (χ0) is 10.6. The smallest absolute Gasteiger partial charge is 0.337 e. The van der Waals surface area contributed by atoms with E-state index in [1.165, 1.54) is 24.3 Å². The lowest BCUT2D eigenvalue weighted by Crippen LogP contribution is -2.02. The summed E-state index contributed by atoms with van der Waals surface area (Å²) in [6.07, 6.45) is 2.79. The Hall–Kier alpha value is -2.28. The Morgan fingerprint density at radius 1 is 1.57 bits per heavy atom. The number of nitrogens with two attached hydrogens (primary N) is 1. The van der Waals surface area contributed by atoms with Crippen LogP contribution in [0.3, 0.4) is 0 Å². The lowest BCUT2D eigenvalue weighted by atomic mass is 10.1. The number of carbonyl (C=O) groups is 1. The molecule has 4 heteroatoms. The fourth-order valence-corrected chi connectivity index (χ4v) is 0.996. The minimum atomic E-state index is -1.07. The third-order valence-corrected chi connectivity index (χ3v) is 1.66. The van der Waals surface area contributed by atoms with Crippen molar-refractivity contribution in [2.24, 2.45) is 0 Å². The van der Waals surface area contributed by atoms with Gasteiger partial charge in [-0.15, -0.1) is 0 Å². The second-order valence-corrected chi connectivity index (χ2v) is 2.61. The van der Waals surface area contributed by atoms with E-state index in [4.69, 9.17) is 16.1 Å². The summed E-state index contributed by atoms with van der Waals surface area (Å²) in [5, 5.41) is 17.0. The highest BCUT2D eigenvalue weighted by Gasteiger charge is 2.06. The molecule has 0 bridgehead atoms. The average molecular weight is 188 g/mol. The van der Waals surface area contributed by atoms with Gasteiger partial charge in [-0.1, -0.05) is 6.07 Å². The van der Waals surface area contributed by atoms with Gasteiger partial charge in [-0.2, -0.15) is 5.26 Å². The molecule has 3 N–H and O–H groups in total. The highest BCUT2D eigenvalue weighted by atomic mass is 16.4. The van der Waals surface area contributed by atoms with Crippen LogP contribution in [0.5, 0.6) is 0 Å². The molecule has 0 fully saturated rings. The van der Waals surface area contributed by atoms with Crippen LogP contribution in [-0.2, 0) is 0 Å². The lowest BCUT2D eigenvalue weighted by molar-refractivity contribution is 0.0698. The van der Waals surface area contributed by atoms with Crippen LogP contribution in [-0.4, -0.2) is 11.1 Å². The van der Waals surface area contributed by atoms with Crippen LogP contribution in [0.25, 0.3) is 6.08 Å². The number of rotatable bonds is 2. The molecule has 0 atom stereocenters. The number of benzene rings is 1. The van der Waals surface area contributed by atoms with E-state index in [2.05, 4.69) is 0 Å². The predicted octanol–water partition coefficient (Wildman–Crippen LogP) is 1.50. The molecular weight excluding hydrogens is 180 g/mol. The average Bonchev–Trinajstić information content (AvgIpc) is 2.16. The molecule has 1 aromatic rings. The number of anilines is 1. The monoisotopic (exact) mass is 188 g/mol. The molecule has 0 unspecified atom stereocenters. The predicted molar refractivity (Wildman–Crippen MR) is 52.5 cm³/mol. The molecular formula is C10H8N2O2. The van der Waals surface area contributed by atoms with Crippen molar-refractivity contribution in [2.75, 3.05) is 5.73 Å². The first kappa shape index (κ1) is 9.81. The third-order valence-electron chi connectivity index (χ3n) is 1.66. The van der Waals surface area contributed by atoms with Crippen molar-refractivity contribution in [2.45, 2.75) is 0 Å². The van der Waals surface area contributed by atoms with Crippen LogP contribution in [0.4, 0.5) is 5.69 Å². The second-order valence-electron chi connectivity index (χ2n) is 2.61. The standard InChI is InChI=1S/C10H8N2O2/c11-5-1-2-7-3-4-9(12)8(6-7)10(13)14/h1-4,6H,12H2,(H,13,14). The fraction of sp³-hybridized carbons (Fsp3) is 0. The van der Waals surface area contributed by atoms with E-state index >= 15 is 0 Å². The molecule has 0 heterocycles. The van der Waals surface area contributed by atoms with Crippen LogP contribution in [0.2, 0.25) is 0 Å². The van der Waals surface area contributed by atoms with Gasteiger partial charge in [0.2, 0.25) is 0 Å². The van der Waals surface area contributed by atoms with Gasteiger partial charge in [-0.05, 0) is 23.8 Å². The topological polar surface area (TPSA) is 87.1 Å². The maximum absolute atomic E-state index is 10.7. The van der Waals surface area contributed by atoms with Crippen LogP contribution in [0.15, 0.2) is 24.3 Å². The summed E-state index contributed by atoms with van der Waals surface area (Å²) < 4.78 is 0. The molecule has 0 saturated carbocycles. The number of aromatic carboxylic acids is 1. The number of nitriles is 1. The van der Waals surface area contributed by atoms with Crippen LogP contribution in [0.1, 0.15) is 15.9 Å². The van der Waals surface area contributed by atoms with E-state index in [0.29, 0.717) is 5.56 Å². The normalized spacial score (nSPS) is 9.93. The molecule has 0 amide bonds. The molecule has 0 aliphatic rings. The first-order valence-electron chi connectivity index (χ1n) is 3.84. The molecule has 0 spiro atoms. The van der Waals surface area contributed by atoms with Gasteiger partial charge in [0.1, 0.15) is 0 Å². The summed E-state index contributed by atoms with van der Waals surface area (Å²) >= 11 is 0. The quantitative estimate of drug-likeness (QED) is 0.543. The molecule has 1 aromatic carbocycles. The van der Waals surface area contributed by atoms with Gasteiger partial charge in [0.05, 0.1) is 11.6 Å². The Balaban J connectivity index is 3.14. The third kappa shape index (κ3) is 2.11. The molecule has 0 radical (unpaired) electrons. The van der Waals surface area contributed by atoms with E-state index in [1.807, 2.05) is 6.07 Å². The highest BCUT2D eigenvalue weighted by Crippen LogP contribution is 2.14. The number of hydrogen-bond donors (Lipinski definition) is 2. The summed E-state index contributed by atoms with van der Waals surface area (Å²) in [6.45, 7) is 0. The molecule has 0 saturated heterocycles. The van der Waals surface area contributed by atoms with E-state index in [9.17, 15) is 4.79 Å². The molecule has 1 rings (SSSR count). The summed E-state index contributed by atoms with van der Waals surface area (Å²) in [6, 6.07) is 6.39. The van der Waals surface area contributed by atoms with Crippen molar-refractivity contribution in [3.8, 4) is 6.07 Å². The van der Waals surface area contributed by atoms with Crippen LogP contribution < -0.4 is 5.73 Å². The lowest BCUT2D eigenvalue weighted by Gasteiger charge is -2.00. The Bertz CT molecular complexity index is 430. The van der Waals surface area contributed by atoms with Gasteiger partial charge in [-0.25, -0.2) is 4.79 Å². The molecule has 0 aliphatic heterocycles. The number of carboxylic acid groups (broad SMARTS) is 1. The minimum Gasteiger partial charge on any atom is -0.478 e. The first-order chi connectivity index (χ1) is 6.65. The van der Waals surface area contributed by atoms with E-state index in [0.717, 1.165) is 0 Å². The summed E-state index contributed by atoms with van der Waals surface area (Å²) in [4.78, 5) is 10.7. The fourth-order valence-electron chi connectivity index (χ4n) is 0.996. The van der Waals surface area contributed by atoms with Crippen molar-refractivity contribution < 1.29 is 9.90 Å². The Morgan fingerprint density at radius 3 is 2.86 bits per heavy atom. The highest BCUT2D eigenvalue weighted by molar-refractivity contribution is 5.94. The number of carboxylic acids is 1. The molecule has 0 aliphatic carbocycles. The molecule has 14 heavy (non-hydrogen) atoms. The molecule has 70 valence electrons. The minimum absolute atomic E-state index is 0.0464. The zero-order valence-corrected chi connectivity index (χ0v) is 7.27. The number of hydrogen-bond acceptors (Lipinski definition) is 3. The van der Waals surface area contributed by atoms with Crippen molar-refractivity contribution in [3.05, 3.63) is 35.4 Å². The zero-order valence-electron chi connectivity index (χ0n) is 7.27. The maximum atomic E-state index is 10.7. The number of nitrogens with zero attached hydrogens (tertiary/aromatic N) is 1. The van der Waals surface area contributed by atoms with Gasteiger partial charge in [0.25, 0.3) is 0 Å². The van der Waals surface area contributed by atoms with E-state index in [-0.39, 0.29) is 11.3 Å². The summed E-state index contributed by atoms with van der Waals surface area (Å²) in [7, 11) is 0. The Kier molecular flexibility index (Phi) is 2.87. The van der Waals surface area contributed by atoms with E-state index in [1.54, 1.807) is 6.07 Å². The van der Waals surface area contributed by atoms with E-state index < -0.39 is 5.97 Å². The largest absolute Gasteiger partial charge is 0.478 e. The van der Waals surface area contributed by atoms with Gasteiger partial charge in [0.15, 0.2) is 0 Å². The van der Waals surface area contributed by atoms with Crippen molar-refractivity contribution in [1.29, 1.82) is 5.26 Å². The van der Waals surface area contributed by atoms with Gasteiger partial charge >= 0.3 is 5.97 Å². The summed E-state index contributed by atoms with van der Waals surface area (Å²) in [5.74, 6) is -1.07. The maximum Gasteiger partial charge on any atom is 0.337 e. The van der Waals surface area contributed by atoms with Crippen molar-refractivity contribution in [1.82, 2.24) is 0 Å². The summed E-state index contributed by atoms with van der Waals surface area (Å²) in [5.41, 5.74) is 6.35. The van der Waals surface area contributed by atoms with Gasteiger partial charge < -0.3 is 10.8 Å². The van der Waals surface area contributed by atoms with Crippen molar-refractivity contribution in [3.63, 3.8) is 0 Å². The number of nitrogen functional groups attached to an aromatic ring is 1. The number of allylic oxidation sites excluding steroid dienone is 1. The molecule has 4 nitrogen and oxygen atoms in total. The van der Waals surface area contributed by atoms with Crippen LogP contribution >= 0.6 is 0 Å². The van der Waals surface area contributed by atoms with Gasteiger partial charge in [0, 0.05) is 11.8 Å². The first-order valence-corrected chi connectivity index (χ1v) is 3.84. The van der Waals surface area contributed by atoms with Crippen LogP contribution in [0, 0.1) is 11.3 Å².